The monoisotopic (exact) mass is 323 g/mol. The van der Waals surface area contributed by atoms with Gasteiger partial charge >= 0.3 is 0 Å². The highest BCUT2D eigenvalue weighted by Gasteiger charge is 2.10. The van der Waals surface area contributed by atoms with Gasteiger partial charge in [0.1, 0.15) is 12.4 Å². The van der Waals surface area contributed by atoms with Crippen molar-refractivity contribution in [1.82, 2.24) is 5.32 Å². The third-order valence-corrected chi connectivity index (χ3v) is 4.54. The van der Waals surface area contributed by atoms with E-state index in [2.05, 4.69) is 42.7 Å². The van der Waals surface area contributed by atoms with Crippen molar-refractivity contribution in [2.75, 3.05) is 13.2 Å². The van der Waals surface area contributed by atoms with E-state index < -0.39 is 0 Å². The molecule has 0 amide bonds. The minimum Gasteiger partial charge on any atom is -0.492 e. The minimum atomic E-state index is 0.400. The molecule has 2 aromatic rings. The Morgan fingerprint density at radius 1 is 1.33 bits per heavy atom. The van der Waals surface area contributed by atoms with Crippen LogP contribution in [0.1, 0.15) is 35.8 Å². The lowest BCUT2D eigenvalue weighted by molar-refractivity contribution is 0.311. The molecule has 21 heavy (non-hydrogen) atoms. The van der Waals surface area contributed by atoms with Gasteiger partial charge in [-0.05, 0) is 47.5 Å². The van der Waals surface area contributed by atoms with Gasteiger partial charge in [-0.25, -0.2) is 0 Å². The summed E-state index contributed by atoms with van der Waals surface area (Å²) in [5.74, 6) is 1.33. The molecule has 0 spiro atoms. The molecule has 2 rings (SSSR count). The van der Waals surface area contributed by atoms with Crippen LogP contribution in [0.25, 0.3) is 0 Å². The van der Waals surface area contributed by atoms with Crippen LogP contribution in [0, 0.1) is 6.92 Å². The zero-order chi connectivity index (χ0) is 15.2. The van der Waals surface area contributed by atoms with Crippen LogP contribution in [0.2, 0.25) is 5.02 Å². The summed E-state index contributed by atoms with van der Waals surface area (Å²) >= 11 is 8.04. The van der Waals surface area contributed by atoms with Crippen molar-refractivity contribution in [3.05, 3.63) is 50.7 Å². The Morgan fingerprint density at radius 3 is 2.81 bits per heavy atom. The van der Waals surface area contributed by atoms with Crippen LogP contribution in [0.5, 0.6) is 5.75 Å². The summed E-state index contributed by atoms with van der Waals surface area (Å²) in [6.07, 6.45) is 0. The summed E-state index contributed by atoms with van der Waals surface area (Å²) in [7, 11) is 0. The van der Waals surface area contributed by atoms with Gasteiger partial charge in [-0.2, -0.15) is 0 Å². The summed E-state index contributed by atoms with van der Waals surface area (Å²) in [6.45, 7) is 8.70. The Balaban J connectivity index is 1.83. The molecule has 114 valence electrons. The lowest BCUT2D eigenvalue weighted by Gasteiger charge is -2.15. The first-order valence-electron chi connectivity index (χ1n) is 7.24. The molecule has 1 aromatic heterocycles. The van der Waals surface area contributed by atoms with Gasteiger partial charge in [-0.15, -0.1) is 11.3 Å². The van der Waals surface area contributed by atoms with Crippen molar-refractivity contribution in [3.8, 4) is 5.75 Å². The maximum atomic E-state index is 6.27. The number of benzene rings is 1. The topological polar surface area (TPSA) is 21.3 Å². The highest BCUT2D eigenvalue weighted by molar-refractivity contribution is 7.09. The van der Waals surface area contributed by atoms with E-state index >= 15 is 0 Å². The summed E-state index contributed by atoms with van der Waals surface area (Å²) in [5.41, 5.74) is 2.23. The Hall–Kier alpha value is -1.03. The number of aryl methyl sites for hydroxylation is 1. The number of nitrogens with one attached hydrogen (secondary N) is 1. The molecule has 2 nitrogen and oxygen atoms in total. The molecule has 0 unspecified atom stereocenters. The van der Waals surface area contributed by atoms with Crippen LogP contribution >= 0.6 is 22.9 Å². The maximum Gasteiger partial charge on any atom is 0.122 e. The van der Waals surface area contributed by atoms with Gasteiger partial charge in [-0.1, -0.05) is 31.5 Å². The first-order valence-corrected chi connectivity index (χ1v) is 8.49. The number of halogens is 1. The van der Waals surface area contributed by atoms with Crippen molar-refractivity contribution >= 4 is 22.9 Å². The standard InChI is InChI=1S/C17H22ClNOS/c1-12(2)15-10-17(13(3)9-16(15)18)20-7-6-19-11-14-5-4-8-21-14/h4-5,8-10,12,19H,6-7,11H2,1-3H3. The van der Waals surface area contributed by atoms with Crippen LogP contribution in [0.4, 0.5) is 0 Å². The number of rotatable bonds is 7. The average molecular weight is 324 g/mol. The van der Waals surface area contributed by atoms with Crippen molar-refractivity contribution in [3.63, 3.8) is 0 Å². The Labute approximate surface area is 136 Å². The van der Waals surface area contributed by atoms with E-state index in [1.165, 1.54) is 4.88 Å². The number of hydrogen-bond acceptors (Lipinski definition) is 3. The van der Waals surface area contributed by atoms with Gasteiger partial charge in [0.15, 0.2) is 0 Å². The SMILES string of the molecule is Cc1cc(Cl)c(C(C)C)cc1OCCNCc1cccs1. The maximum absolute atomic E-state index is 6.27. The fraction of sp³-hybridized carbons (Fsp3) is 0.412. The summed E-state index contributed by atoms with van der Waals surface area (Å²) in [5, 5.41) is 6.31. The molecule has 0 atom stereocenters. The van der Waals surface area contributed by atoms with E-state index in [9.17, 15) is 0 Å². The number of ether oxygens (including phenoxy) is 1. The molecule has 0 bridgehead atoms. The van der Waals surface area contributed by atoms with Gasteiger partial charge in [0.25, 0.3) is 0 Å². The second-order valence-corrected chi connectivity index (χ2v) is 6.84. The van der Waals surface area contributed by atoms with Gasteiger partial charge in [0.05, 0.1) is 0 Å². The van der Waals surface area contributed by atoms with E-state index in [4.69, 9.17) is 16.3 Å². The van der Waals surface area contributed by atoms with Crippen LogP contribution in [0.3, 0.4) is 0 Å². The largest absolute Gasteiger partial charge is 0.492 e. The quantitative estimate of drug-likeness (QED) is 0.724. The van der Waals surface area contributed by atoms with Crippen LogP contribution < -0.4 is 10.1 Å². The van der Waals surface area contributed by atoms with E-state index in [0.29, 0.717) is 12.5 Å². The van der Waals surface area contributed by atoms with Gasteiger partial charge in [0.2, 0.25) is 0 Å². The Morgan fingerprint density at radius 2 is 2.14 bits per heavy atom. The zero-order valence-corrected chi connectivity index (χ0v) is 14.4. The van der Waals surface area contributed by atoms with Crippen LogP contribution in [-0.4, -0.2) is 13.2 Å². The molecule has 4 heteroatoms. The molecule has 0 fully saturated rings. The summed E-state index contributed by atoms with van der Waals surface area (Å²) in [6, 6.07) is 8.27. The molecule has 0 aliphatic rings. The molecular weight excluding hydrogens is 302 g/mol. The van der Waals surface area contributed by atoms with Crippen molar-refractivity contribution in [1.29, 1.82) is 0 Å². The van der Waals surface area contributed by atoms with Crippen molar-refractivity contribution < 1.29 is 4.74 Å². The molecule has 0 aliphatic carbocycles. The lowest BCUT2D eigenvalue weighted by Crippen LogP contribution is -2.20. The van der Waals surface area contributed by atoms with Crippen LogP contribution in [0.15, 0.2) is 29.6 Å². The van der Waals surface area contributed by atoms with Gasteiger partial charge in [-0.3, -0.25) is 0 Å². The summed E-state index contributed by atoms with van der Waals surface area (Å²) < 4.78 is 5.88. The molecule has 0 aliphatic heterocycles. The summed E-state index contributed by atoms with van der Waals surface area (Å²) in [4.78, 5) is 1.35. The Kier molecular flexibility index (Phi) is 6.09. The first-order chi connectivity index (χ1) is 10.1. The zero-order valence-electron chi connectivity index (χ0n) is 12.8. The predicted molar refractivity (Wildman–Crippen MR) is 91.8 cm³/mol. The van der Waals surface area contributed by atoms with E-state index in [1.807, 2.05) is 13.0 Å². The van der Waals surface area contributed by atoms with E-state index in [-0.39, 0.29) is 0 Å². The van der Waals surface area contributed by atoms with Gasteiger partial charge < -0.3 is 10.1 Å². The average Bonchev–Trinajstić information content (AvgIpc) is 2.93. The fourth-order valence-electron chi connectivity index (χ4n) is 2.12. The molecule has 0 saturated heterocycles. The molecule has 1 aromatic carbocycles. The molecule has 1 N–H and O–H groups in total. The third-order valence-electron chi connectivity index (χ3n) is 3.33. The van der Waals surface area contributed by atoms with Gasteiger partial charge in [0, 0.05) is 23.0 Å². The Bertz CT molecular complexity index is 566. The van der Waals surface area contributed by atoms with Crippen LogP contribution in [-0.2, 0) is 6.54 Å². The van der Waals surface area contributed by atoms with E-state index in [0.717, 1.165) is 35.0 Å². The highest BCUT2D eigenvalue weighted by Crippen LogP contribution is 2.31. The number of hydrogen-bond donors (Lipinski definition) is 1. The van der Waals surface area contributed by atoms with Crippen molar-refractivity contribution in [2.45, 2.75) is 33.2 Å². The molecular formula is C17H22ClNOS. The van der Waals surface area contributed by atoms with E-state index in [1.54, 1.807) is 11.3 Å². The second kappa shape index (κ2) is 7.83. The lowest BCUT2D eigenvalue weighted by atomic mass is 10.0. The number of thiophene rings is 1. The minimum absolute atomic E-state index is 0.400. The fourth-order valence-corrected chi connectivity index (χ4v) is 3.24. The van der Waals surface area contributed by atoms with Crippen molar-refractivity contribution in [2.24, 2.45) is 0 Å². The third kappa shape index (κ3) is 4.73. The molecule has 0 radical (unpaired) electrons. The predicted octanol–water partition coefficient (Wildman–Crippen LogP) is 5.00. The molecule has 0 saturated carbocycles. The smallest absolute Gasteiger partial charge is 0.122 e. The normalized spacial score (nSPS) is 11.1. The highest BCUT2D eigenvalue weighted by atomic mass is 35.5. The second-order valence-electron chi connectivity index (χ2n) is 5.40. The first kappa shape index (κ1) is 16.3. The molecule has 1 heterocycles.